The van der Waals surface area contributed by atoms with E-state index < -0.39 is 0 Å². The number of nitrogens with two attached hydrogens (primary N) is 1. The van der Waals surface area contributed by atoms with Crippen molar-refractivity contribution in [2.75, 3.05) is 18.0 Å². The first-order valence-electron chi connectivity index (χ1n) is 6.37. The fraction of sp³-hybridized carbons (Fsp3) is 0.571. The molecule has 0 saturated carbocycles. The van der Waals surface area contributed by atoms with Gasteiger partial charge in [-0.3, -0.25) is 0 Å². The average molecular weight is 236 g/mol. The molecule has 17 heavy (non-hydrogen) atoms. The second kappa shape index (κ2) is 5.05. The van der Waals surface area contributed by atoms with E-state index in [9.17, 15) is 4.39 Å². The monoisotopic (exact) mass is 236 g/mol. The molecule has 1 heterocycles. The number of rotatable bonds is 3. The van der Waals surface area contributed by atoms with Crippen molar-refractivity contribution in [2.45, 2.75) is 32.7 Å². The average Bonchev–Trinajstić information content (AvgIpc) is 2.58. The zero-order chi connectivity index (χ0) is 12.4. The van der Waals surface area contributed by atoms with Crippen LogP contribution >= 0.6 is 0 Å². The number of benzene rings is 1. The van der Waals surface area contributed by atoms with E-state index in [-0.39, 0.29) is 5.82 Å². The van der Waals surface area contributed by atoms with Crippen molar-refractivity contribution in [3.05, 3.63) is 29.6 Å². The molecule has 3 heteroatoms. The summed E-state index contributed by atoms with van der Waals surface area (Å²) in [5, 5.41) is 0. The van der Waals surface area contributed by atoms with E-state index in [4.69, 9.17) is 5.73 Å². The molecule has 1 aromatic carbocycles. The number of hydrogen-bond donors (Lipinski definition) is 1. The molecule has 0 spiro atoms. The Balaban J connectivity index is 2.36. The number of hydrogen-bond acceptors (Lipinski definition) is 2. The van der Waals surface area contributed by atoms with Crippen molar-refractivity contribution >= 4 is 5.69 Å². The van der Waals surface area contributed by atoms with Gasteiger partial charge in [0.1, 0.15) is 5.82 Å². The van der Waals surface area contributed by atoms with Gasteiger partial charge in [-0.2, -0.15) is 0 Å². The Morgan fingerprint density at radius 3 is 2.76 bits per heavy atom. The van der Waals surface area contributed by atoms with Crippen molar-refractivity contribution in [1.82, 2.24) is 0 Å². The molecule has 2 N–H and O–H groups in total. The minimum atomic E-state index is -0.114. The predicted octanol–water partition coefficient (Wildman–Crippen LogP) is 2.56. The van der Waals surface area contributed by atoms with Gasteiger partial charge in [0.25, 0.3) is 0 Å². The third-order valence-corrected chi connectivity index (χ3v) is 3.56. The third kappa shape index (κ3) is 2.44. The quantitative estimate of drug-likeness (QED) is 0.874. The van der Waals surface area contributed by atoms with Crippen LogP contribution in [-0.2, 0) is 6.42 Å². The Kier molecular flexibility index (Phi) is 3.67. The normalized spacial score (nSPS) is 24.4. The molecular weight excluding hydrogens is 215 g/mol. The maximum atomic E-state index is 14.0. The molecule has 94 valence electrons. The molecule has 0 bridgehead atoms. The van der Waals surface area contributed by atoms with Crippen LogP contribution in [0.3, 0.4) is 0 Å². The van der Waals surface area contributed by atoms with Gasteiger partial charge in [0, 0.05) is 12.6 Å². The first-order valence-corrected chi connectivity index (χ1v) is 6.37. The highest BCUT2D eigenvalue weighted by Crippen LogP contribution is 2.33. The van der Waals surface area contributed by atoms with Crippen LogP contribution in [0.2, 0.25) is 0 Å². The smallest absolute Gasteiger partial charge is 0.146 e. The highest BCUT2D eigenvalue weighted by Gasteiger charge is 2.29. The molecule has 2 unspecified atom stereocenters. The van der Waals surface area contributed by atoms with E-state index in [0.717, 1.165) is 30.6 Å². The zero-order valence-corrected chi connectivity index (χ0v) is 10.6. The van der Waals surface area contributed by atoms with Gasteiger partial charge >= 0.3 is 0 Å². The Morgan fingerprint density at radius 2 is 2.18 bits per heavy atom. The summed E-state index contributed by atoms with van der Waals surface area (Å²) in [4.78, 5) is 2.20. The van der Waals surface area contributed by atoms with Gasteiger partial charge in [0.2, 0.25) is 0 Å². The second-order valence-corrected chi connectivity index (χ2v) is 5.13. The van der Waals surface area contributed by atoms with Gasteiger partial charge < -0.3 is 10.6 Å². The maximum Gasteiger partial charge on any atom is 0.146 e. The van der Waals surface area contributed by atoms with Crippen LogP contribution in [0.1, 0.15) is 25.8 Å². The summed E-state index contributed by atoms with van der Waals surface area (Å²) in [5.74, 6) is 0.521. The first kappa shape index (κ1) is 12.4. The maximum absolute atomic E-state index is 14.0. The first-order chi connectivity index (χ1) is 8.13. The van der Waals surface area contributed by atoms with Crippen molar-refractivity contribution in [2.24, 2.45) is 11.7 Å². The lowest BCUT2D eigenvalue weighted by Gasteiger charge is -2.27. The topological polar surface area (TPSA) is 29.3 Å². The molecule has 1 fully saturated rings. The van der Waals surface area contributed by atoms with Crippen molar-refractivity contribution < 1.29 is 4.39 Å². The third-order valence-electron chi connectivity index (χ3n) is 3.56. The van der Waals surface area contributed by atoms with Crippen LogP contribution in [0.4, 0.5) is 10.1 Å². The van der Waals surface area contributed by atoms with E-state index in [1.165, 1.54) is 0 Å². The van der Waals surface area contributed by atoms with E-state index in [0.29, 0.717) is 18.5 Å². The van der Waals surface area contributed by atoms with Crippen molar-refractivity contribution in [3.8, 4) is 0 Å². The van der Waals surface area contributed by atoms with E-state index in [1.807, 2.05) is 6.07 Å². The van der Waals surface area contributed by atoms with Gasteiger partial charge in [-0.15, -0.1) is 0 Å². The highest BCUT2D eigenvalue weighted by atomic mass is 19.1. The molecule has 0 aliphatic carbocycles. The summed E-state index contributed by atoms with van der Waals surface area (Å²) in [5.41, 5.74) is 7.41. The van der Waals surface area contributed by atoms with Gasteiger partial charge in [-0.05, 0) is 43.9 Å². The summed E-state index contributed by atoms with van der Waals surface area (Å²) in [7, 11) is 0. The Morgan fingerprint density at radius 1 is 1.41 bits per heavy atom. The molecular formula is C14H21FN2. The molecule has 1 aliphatic rings. The highest BCUT2D eigenvalue weighted by molar-refractivity contribution is 5.56. The van der Waals surface area contributed by atoms with Gasteiger partial charge in [0.15, 0.2) is 0 Å². The number of nitrogens with zero attached hydrogens (tertiary/aromatic N) is 1. The van der Waals surface area contributed by atoms with E-state index >= 15 is 0 Å². The SMILES string of the molecule is CC1CC(C)N(c2c(F)cccc2CCN)C1. The minimum Gasteiger partial charge on any atom is -0.366 e. The van der Waals surface area contributed by atoms with Crippen molar-refractivity contribution in [3.63, 3.8) is 0 Å². The molecule has 2 rings (SSSR count). The number of para-hydroxylation sites is 1. The Bertz CT molecular complexity index is 392. The van der Waals surface area contributed by atoms with Gasteiger partial charge in [-0.25, -0.2) is 4.39 Å². The lowest BCUT2D eigenvalue weighted by Crippen LogP contribution is -2.29. The molecule has 1 aromatic rings. The van der Waals surface area contributed by atoms with Gasteiger partial charge in [-0.1, -0.05) is 19.1 Å². The number of halogens is 1. The molecule has 2 atom stereocenters. The van der Waals surface area contributed by atoms with E-state index in [2.05, 4.69) is 18.7 Å². The molecule has 2 nitrogen and oxygen atoms in total. The van der Waals surface area contributed by atoms with Crippen LogP contribution < -0.4 is 10.6 Å². The predicted molar refractivity (Wildman–Crippen MR) is 69.7 cm³/mol. The number of anilines is 1. The summed E-state index contributed by atoms with van der Waals surface area (Å²) >= 11 is 0. The fourth-order valence-electron chi connectivity index (χ4n) is 2.85. The molecule has 1 saturated heterocycles. The molecule has 1 aliphatic heterocycles. The van der Waals surface area contributed by atoms with Crippen LogP contribution in [-0.4, -0.2) is 19.1 Å². The second-order valence-electron chi connectivity index (χ2n) is 5.13. The molecule has 0 amide bonds. The van der Waals surface area contributed by atoms with Crippen LogP contribution in [0.15, 0.2) is 18.2 Å². The Hall–Kier alpha value is -1.09. The van der Waals surface area contributed by atoms with Crippen LogP contribution in [0.25, 0.3) is 0 Å². The largest absolute Gasteiger partial charge is 0.366 e. The lowest BCUT2D eigenvalue weighted by atomic mass is 10.1. The molecule has 0 radical (unpaired) electrons. The summed E-state index contributed by atoms with van der Waals surface area (Å²) in [6, 6.07) is 5.72. The molecule has 0 aromatic heterocycles. The minimum absolute atomic E-state index is 0.114. The Labute approximate surface area is 103 Å². The van der Waals surface area contributed by atoms with E-state index in [1.54, 1.807) is 12.1 Å². The van der Waals surface area contributed by atoms with Gasteiger partial charge in [0.05, 0.1) is 5.69 Å². The summed E-state index contributed by atoms with van der Waals surface area (Å²) in [6.45, 7) is 5.90. The lowest BCUT2D eigenvalue weighted by molar-refractivity contribution is 0.609. The summed E-state index contributed by atoms with van der Waals surface area (Å²) < 4.78 is 14.0. The van der Waals surface area contributed by atoms with Crippen LogP contribution in [0, 0.1) is 11.7 Å². The van der Waals surface area contributed by atoms with Crippen molar-refractivity contribution in [1.29, 1.82) is 0 Å². The fourth-order valence-corrected chi connectivity index (χ4v) is 2.85. The zero-order valence-electron chi connectivity index (χ0n) is 10.6. The van der Waals surface area contributed by atoms with Crippen LogP contribution in [0.5, 0.6) is 0 Å². The summed E-state index contributed by atoms with van der Waals surface area (Å²) in [6.07, 6.45) is 1.88. The standard InChI is InChI=1S/C14H21FN2/c1-10-8-11(2)17(9-10)14-12(6-7-16)4-3-5-13(14)15/h3-5,10-11H,6-9,16H2,1-2H3.